The summed E-state index contributed by atoms with van der Waals surface area (Å²) >= 11 is -3.36. The van der Waals surface area contributed by atoms with E-state index in [0.717, 1.165) is 23.0 Å². The molecule has 0 N–H and O–H groups in total. The molecule has 0 aromatic heterocycles. The summed E-state index contributed by atoms with van der Waals surface area (Å²) in [6.45, 7) is 0. The van der Waals surface area contributed by atoms with Gasteiger partial charge < -0.3 is 0 Å². The van der Waals surface area contributed by atoms with E-state index < -0.39 is 18.4 Å². The van der Waals surface area contributed by atoms with Crippen molar-refractivity contribution >= 4 is 18.4 Å². The number of rotatable bonds is 12. The molecular weight excluding hydrogens is 519 g/mol. The van der Waals surface area contributed by atoms with Crippen LogP contribution in [0.25, 0.3) is 0 Å². The Morgan fingerprint density at radius 2 is 0.545 bits per heavy atom. The van der Waals surface area contributed by atoms with Gasteiger partial charge in [0.05, 0.1) is 0 Å². The number of benzene rings is 4. The van der Waals surface area contributed by atoms with Crippen LogP contribution in [-0.4, -0.2) is 36.9 Å². The molecule has 5 heteroatoms. The topological polar surface area (TPSA) is 36.9 Å². The molecule has 0 bridgehead atoms. The molecule has 0 radical (unpaired) electrons. The van der Waals surface area contributed by atoms with Gasteiger partial charge in [-0.3, -0.25) is 0 Å². The van der Waals surface area contributed by atoms with Crippen molar-refractivity contribution in [1.29, 1.82) is 0 Å². The minimum absolute atomic E-state index is 0.575. The summed E-state index contributed by atoms with van der Waals surface area (Å²) in [5, 5.41) is 0. The van der Waals surface area contributed by atoms with Crippen molar-refractivity contribution < 1.29 is 18.9 Å². The van der Waals surface area contributed by atoms with Crippen molar-refractivity contribution in [3.05, 3.63) is 121 Å². The molecule has 0 heterocycles. The van der Waals surface area contributed by atoms with Gasteiger partial charge in [0.2, 0.25) is 0 Å². The Bertz CT molecular complexity index is 881. The van der Waals surface area contributed by atoms with E-state index in [-0.39, 0.29) is 0 Å². The third-order valence-corrected chi connectivity index (χ3v) is 13.8. The summed E-state index contributed by atoms with van der Waals surface area (Å²) in [7, 11) is 0. The van der Waals surface area contributed by atoms with Crippen LogP contribution in [0.15, 0.2) is 121 Å². The Morgan fingerprint density at radius 3 is 0.758 bits per heavy atom. The van der Waals surface area contributed by atoms with Gasteiger partial charge in [-0.05, 0) is 0 Å². The Morgan fingerprint density at radius 1 is 0.333 bits per heavy atom. The molecule has 0 saturated heterocycles. The van der Waals surface area contributed by atoms with Crippen molar-refractivity contribution in [2.75, 3.05) is 18.5 Å². The second kappa shape index (κ2) is 12.2. The normalized spacial score (nSPS) is 10.9. The average molecular weight is 547 g/mol. The Labute approximate surface area is 199 Å². The van der Waals surface area contributed by atoms with Crippen LogP contribution in [0, 0.1) is 0 Å². The zero-order valence-corrected chi connectivity index (χ0v) is 21.4. The third-order valence-electron chi connectivity index (χ3n) is 5.15. The van der Waals surface area contributed by atoms with Crippen LogP contribution < -0.4 is 18.9 Å². The number of hydrogen-bond acceptors (Lipinski definition) is 4. The van der Waals surface area contributed by atoms with Crippen LogP contribution >= 0.6 is 0 Å². The van der Waals surface area contributed by atoms with Crippen LogP contribution in [0.2, 0.25) is 0 Å². The molecule has 0 atom stereocenters. The molecule has 168 valence electrons. The second-order valence-corrected chi connectivity index (χ2v) is 19.8. The van der Waals surface area contributed by atoms with Crippen molar-refractivity contribution in [3.63, 3.8) is 0 Å². The van der Waals surface area contributed by atoms with Gasteiger partial charge in [-0.25, -0.2) is 0 Å². The quantitative estimate of drug-likeness (QED) is 0.207. The maximum atomic E-state index is 6.29. The standard InChI is InChI=1S/4C7H7O.Sn/c4*1-8-7-5-3-2-4-6-7;/h4*2-6H,1H2;. The Hall–Kier alpha value is -3.12. The molecule has 4 rings (SSSR count). The van der Waals surface area contributed by atoms with Gasteiger partial charge >= 0.3 is 200 Å². The Kier molecular flexibility index (Phi) is 8.53. The van der Waals surface area contributed by atoms with Gasteiger partial charge in [0.25, 0.3) is 0 Å². The van der Waals surface area contributed by atoms with Crippen LogP contribution in [0.3, 0.4) is 0 Å². The summed E-state index contributed by atoms with van der Waals surface area (Å²) in [5.41, 5.74) is 0. The van der Waals surface area contributed by atoms with Crippen LogP contribution in [0.5, 0.6) is 23.0 Å². The third kappa shape index (κ3) is 7.46. The van der Waals surface area contributed by atoms with Crippen LogP contribution in [0.1, 0.15) is 0 Å². The van der Waals surface area contributed by atoms with E-state index in [9.17, 15) is 0 Å². The SMILES string of the molecule is c1ccc(O[CH2][Sn]([CH2]Oc2ccccc2)([CH2]Oc2ccccc2)[CH2]Oc2ccccc2)cc1. The fourth-order valence-corrected chi connectivity index (χ4v) is 10.1. The van der Waals surface area contributed by atoms with Crippen molar-refractivity contribution in [1.82, 2.24) is 0 Å². The van der Waals surface area contributed by atoms with Gasteiger partial charge in [0.1, 0.15) is 0 Å². The van der Waals surface area contributed by atoms with E-state index in [0.29, 0.717) is 18.5 Å². The molecule has 0 amide bonds. The van der Waals surface area contributed by atoms with Gasteiger partial charge in [0, 0.05) is 0 Å². The summed E-state index contributed by atoms with van der Waals surface area (Å²) in [4.78, 5) is 0. The van der Waals surface area contributed by atoms with E-state index in [2.05, 4.69) is 0 Å². The van der Waals surface area contributed by atoms with Crippen molar-refractivity contribution in [2.24, 2.45) is 0 Å². The van der Waals surface area contributed by atoms with E-state index in [1.54, 1.807) is 0 Å². The first-order chi connectivity index (χ1) is 16.3. The first-order valence-electron chi connectivity index (χ1n) is 11.0. The molecule has 0 spiro atoms. The number of hydrogen-bond donors (Lipinski definition) is 0. The summed E-state index contributed by atoms with van der Waals surface area (Å²) in [5.74, 6) is 3.38. The maximum absolute atomic E-state index is 6.29. The Balaban J connectivity index is 1.56. The van der Waals surface area contributed by atoms with E-state index >= 15 is 0 Å². The molecule has 0 aliphatic carbocycles. The van der Waals surface area contributed by atoms with Crippen molar-refractivity contribution in [2.45, 2.75) is 0 Å². The fourth-order valence-electron chi connectivity index (χ4n) is 3.26. The summed E-state index contributed by atoms with van der Waals surface area (Å²) in [6, 6.07) is 39.6. The zero-order valence-electron chi connectivity index (χ0n) is 18.5. The molecule has 0 saturated carbocycles. The number of ether oxygens (including phenoxy) is 4. The first-order valence-corrected chi connectivity index (χ1v) is 19.1. The summed E-state index contributed by atoms with van der Waals surface area (Å²) < 4.78 is 27.5. The van der Waals surface area contributed by atoms with Crippen LogP contribution in [0.4, 0.5) is 0 Å². The molecule has 4 aromatic carbocycles. The monoisotopic (exact) mass is 548 g/mol. The molecule has 0 unspecified atom stereocenters. The number of para-hydroxylation sites is 4. The van der Waals surface area contributed by atoms with E-state index in [1.807, 2.05) is 121 Å². The molecule has 4 aromatic rings. The molecule has 0 fully saturated rings. The average Bonchev–Trinajstić information content (AvgIpc) is 2.90. The van der Waals surface area contributed by atoms with Gasteiger partial charge in [-0.2, -0.15) is 0 Å². The van der Waals surface area contributed by atoms with E-state index in [4.69, 9.17) is 18.9 Å². The molecule has 0 aliphatic heterocycles. The summed E-state index contributed by atoms with van der Waals surface area (Å²) in [6.07, 6.45) is 0. The van der Waals surface area contributed by atoms with Crippen molar-refractivity contribution in [3.8, 4) is 23.0 Å². The zero-order chi connectivity index (χ0) is 22.6. The predicted molar refractivity (Wildman–Crippen MR) is 134 cm³/mol. The first kappa shape index (κ1) is 23.1. The van der Waals surface area contributed by atoms with Gasteiger partial charge in [-0.15, -0.1) is 0 Å². The predicted octanol–water partition coefficient (Wildman–Crippen LogP) is 5.91. The fraction of sp³-hybridized carbons (Fsp3) is 0.143. The minimum atomic E-state index is -3.36. The van der Waals surface area contributed by atoms with Gasteiger partial charge in [-0.1, -0.05) is 0 Å². The molecular formula is C28H28O4Sn. The van der Waals surface area contributed by atoms with Crippen LogP contribution in [-0.2, 0) is 0 Å². The molecule has 0 aliphatic rings. The molecule has 4 nitrogen and oxygen atoms in total. The second-order valence-electron chi connectivity index (χ2n) is 7.91. The van der Waals surface area contributed by atoms with E-state index in [1.165, 1.54) is 0 Å². The van der Waals surface area contributed by atoms with Gasteiger partial charge in [0.15, 0.2) is 0 Å². The molecule has 33 heavy (non-hydrogen) atoms.